The van der Waals surface area contributed by atoms with E-state index in [9.17, 15) is 13.2 Å². The maximum Gasteiger partial charge on any atom is 0.243 e. The normalized spacial score (nSPS) is 15.5. The summed E-state index contributed by atoms with van der Waals surface area (Å²) < 4.78 is 28.6. The van der Waals surface area contributed by atoms with Crippen molar-refractivity contribution in [3.05, 3.63) is 78.4 Å². The largest absolute Gasteiger partial charge is 0.289 e. The molecule has 8 heteroatoms. The zero-order valence-corrected chi connectivity index (χ0v) is 17.2. The zero-order chi connectivity index (χ0) is 21.0. The van der Waals surface area contributed by atoms with E-state index < -0.39 is 10.0 Å². The third kappa shape index (κ3) is 4.39. The fourth-order valence-electron chi connectivity index (χ4n) is 3.39. The van der Waals surface area contributed by atoms with Gasteiger partial charge in [-0.2, -0.15) is 9.40 Å². The van der Waals surface area contributed by atoms with Crippen LogP contribution >= 0.6 is 0 Å². The van der Waals surface area contributed by atoms with Crippen LogP contribution in [-0.4, -0.2) is 46.4 Å². The molecule has 4 rings (SSSR count). The lowest BCUT2D eigenvalue weighted by atomic mass is 10.1. The van der Waals surface area contributed by atoms with Gasteiger partial charge in [0.05, 0.1) is 10.6 Å². The number of ketones is 1. The lowest BCUT2D eigenvalue weighted by Crippen LogP contribution is -2.35. The summed E-state index contributed by atoms with van der Waals surface area (Å²) in [5.74, 6) is -0.183. The van der Waals surface area contributed by atoms with E-state index in [4.69, 9.17) is 0 Å². The number of carbonyl (C=O) groups excluding carboxylic acids is 1. The number of hydrogen-bond donors (Lipinski definition) is 0. The van der Waals surface area contributed by atoms with Gasteiger partial charge in [0.15, 0.2) is 5.78 Å². The summed E-state index contributed by atoms with van der Waals surface area (Å²) in [6, 6.07) is 13.7. The van der Waals surface area contributed by atoms with E-state index in [1.165, 1.54) is 28.8 Å². The van der Waals surface area contributed by atoms with Gasteiger partial charge in [0.25, 0.3) is 0 Å². The molecule has 1 fully saturated rings. The molecule has 0 atom stereocenters. The SMILES string of the molecule is O=C(/C=C/c1ccc(-n2cncn2)cc1)c1ccc(S(=O)(=O)N2CCCCC2)cc1. The molecule has 0 radical (unpaired) electrons. The number of benzene rings is 2. The van der Waals surface area contributed by atoms with Crippen molar-refractivity contribution in [3.8, 4) is 5.69 Å². The molecule has 1 saturated heterocycles. The van der Waals surface area contributed by atoms with Crippen LogP contribution < -0.4 is 0 Å². The van der Waals surface area contributed by atoms with Crippen molar-refractivity contribution in [2.24, 2.45) is 0 Å². The highest BCUT2D eigenvalue weighted by Gasteiger charge is 2.25. The lowest BCUT2D eigenvalue weighted by Gasteiger charge is -2.25. The summed E-state index contributed by atoms with van der Waals surface area (Å²) >= 11 is 0. The number of nitrogens with zero attached hydrogens (tertiary/aromatic N) is 4. The van der Waals surface area contributed by atoms with Gasteiger partial charge in [0, 0.05) is 18.7 Å². The van der Waals surface area contributed by atoms with Crippen LogP contribution in [-0.2, 0) is 10.0 Å². The highest BCUT2D eigenvalue weighted by atomic mass is 32.2. The standard InChI is InChI=1S/C22H22N4O3S/c27-22(13-6-18-4-9-20(10-5-18)26-17-23-16-24-26)19-7-11-21(12-8-19)30(28,29)25-14-2-1-3-15-25/h4-13,16-17H,1-3,14-15H2/b13-6+. The molecule has 2 heterocycles. The average Bonchev–Trinajstić information content (AvgIpc) is 3.33. The molecule has 1 aliphatic rings. The molecule has 0 aliphatic carbocycles. The summed E-state index contributed by atoms with van der Waals surface area (Å²) in [5.41, 5.74) is 2.20. The van der Waals surface area contributed by atoms with Crippen LogP contribution in [0.2, 0.25) is 0 Å². The van der Waals surface area contributed by atoms with Crippen LogP contribution in [0.3, 0.4) is 0 Å². The Labute approximate surface area is 175 Å². The Bertz CT molecular complexity index is 1130. The molecule has 0 amide bonds. The molecule has 0 saturated carbocycles. The fourth-order valence-corrected chi connectivity index (χ4v) is 4.91. The maximum atomic E-state index is 12.7. The van der Waals surface area contributed by atoms with Gasteiger partial charge < -0.3 is 0 Å². The van der Waals surface area contributed by atoms with Crippen molar-refractivity contribution < 1.29 is 13.2 Å². The van der Waals surface area contributed by atoms with E-state index in [0.717, 1.165) is 30.5 Å². The third-order valence-electron chi connectivity index (χ3n) is 5.10. The van der Waals surface area contributed by atoms with Gasteiger partial charge in [-0.25, -0.2) is 18.1 Å². The molecule has 1 aliphatic heterocycles. The molecule has 0 bridgehead atoms. The first kappa shape index (κ1) is 20.2. The van der Waals surface area contributed by atoms with Gasteiger partial charge >= 0.3 is 0 Å². The van der Waals surface area contributed by atoms with Crippen LogP contribution in [0.5, 0.6) is 0 Å². The van der Waals surface area contributed by atoms with Crippen LogP contribution in [0.4, 0.5) is 0 Å². The van der Waals surface area contributed by atoms with Gasteiger partial charge in [0.1, 0.15) is 12.7 Å². The Kier molecular flexibility index (Phi) is 5.87. The summed E-state index contributed by atoms with van der Waals surface area (Å²) in [5, 5.41) is 4.07. The Morgan fingerprint density at radius 2 is 1.63 bits per heavy atom. The predicted molar refractivity (Wildman–Crippen MR) is 114 cm³/mol. The average molecular weight is 423 g/mol. The smallest absolute Gasteiger partial charge is 0.243 e. The van der Waals surface area contributed by atoms with E-state index >= 15 is 0 Å². The Balaban J connectivity index is 1.43. The minimum atomic E-state index is -3.49. The van der Waals surface area contributed by atoms with Crippen molar-refractivity contribution in [3.63, 3.8) is 0 Å². The maximum absolute atomic E-state index is 12.7. The number of aromatic nitrogens is 3. The highest BCUT2D eigenvalue weighted by molar-refractivity contribution is 7.89. The third-order valence-corrected chi connectivity index (χ3v) is 7.01. The summed E-state index contributed by atoms with van der Waals surface area (Å²) in [7, 11) is -3.49. The van der Waals surface area contributed by atoms with E-state index in [1.54, 1.807) is 29.2 Å². The van der Waals surface area contributed by atoms with Crippen LogP contribution in [0.25, 0.3) is 11.8 Å². The second kappa shape index (κ2) is 8.73. The van der Waals surface area contributed by atoms with Gasteiger partial charge in [-0.3, -0.25) is 4.79 Å². The minimum absolute atomic E-state index is 0.183. The number of allylic oxidation sites excluding steroid dienone is 1. The molecule has 1 aromatic heterocycles. The molecule has 0 N–H and O–H groups in total. The minimum Gasteiger partial charge on any atom is -0.289 e. The second-order valence-electron chi connectivity index (χ2n) is 7.12. The molecule has 154 valence electrons. The van der Waals surface area contributed by atoms with E-state index in [0.29, 0.717) is 18.7 Å². The van der Waals surface area contributed by atoms with Crippen molar-refractivity contribution in [2.45, 2.75) is 24.2 Å². The van der Waals surface area contributed by atoms with Crippen LogP contribution in [0, 0.1) is 0 Å². The van der Waals surface area contributed by atoms with Crippen LogP contribution in [0.15, 0.2) is 72.2 Å². The predicted octanol–water partition coefficient (Wildman–Crippen LogP) is 3.34. The van der Waals surface area contributed by atoms with Gasteiger partial charge in [0.2, 0.25) is 10.0 Å². The highest BCUT2D eigenvalue weighted by Crippen LogP contribution is 2.21. The van der Waals surface area contributed by atoms with Crippen molar-refractivity contribution in [2.75, 3.05) is 13.1 Å². The molecule has 0 unspecified atom stereocenters. The second-order valence-corrected chi connectivity index (χ2v) is 9.06. The topological polar surface area (TPSA) is 85.2 Å². The van der Waals surface area contributed by atoms with Crippen LogP contribution in [0.1, 0.15) is 35.2 Å². The number of carbonyl (C=O) groups is 1. The molecular weight excluding hydrogens is 400 g/mol. The first-order valence-corrected chi connectivity index (χ1v) is 11.3. The first-order valence-electron chi connectivity index (χ1n) is 9.82. The van der Waals surface area contributed by atoms with E-state index in [1.807, 2.05) is 24.3 Å². The Morgan fingerprint density at radius 3 is 2.27 bits per heavy atom. The molecule has 0 spiro atoms. The quantitative estimate of drug-likeness (QED) is 0.449. The number of piperidine rings is 1. The van der Waals surface area contributed by atoms with E-state index in [-0.39, 0.29) is 10.7 Å². The van der Waals surface area contributed by atoms with Gasteiger partial charge in [-0.1, -0.05) is 24.6 Å². The van der Waals surface area contributed by atoms with Crippen molar-refractivity contribution in [1.29, 1.82) is 0 Å². The Hall–Kier alpha value is -3.10. The van der Waals surface area contributed by atoms with E-state index in [2.05, 4.69) is 10.1 Å². The van der Waals surface area contributed by atoms with Gasteiger partial charge in [-0.05, 0) is 60.9 Å². The number of sulfonamides is 1. The zero-order valence-electron chi connectivity index (χ0n) is 16.4. The fraction of sp³-hybridized carbons (Fsp3) is 0.227. The molecule has 2 aromatic carbocycles. The summed E-state index contributed by atoms with van der Waals surface area (Å²) in [6.07, 6.45) is 9.14. The monoisotopic (exact) mass is 422 g/mol. The molecule has 30 heavy (non-hydrogen) atoms. The lowest BCUT2D eigenvalue weighted by molar-refractivity contribution is 0.104. The number of hydrogen-bond acceptors (Lipinski definition) is 5. The Morgan fingerprint density at radius 1 is 0.933 bits per heavy atom. The van der Waals surface area contributed by atoms with Crippen molar-refractivity contribution >= 4 is 21.9 Å². The molecule has 3 aromatic rings. The summed E-state index contributed by atoms with van der Waals surface area (Å²) in [6.45, 7) is 1.11. The van der Waals surface area contributed by atoms with Crippen molar-refractivity contribution in [1.82, 2.24) is 19.1 Å². The molecule has 7 nitrogen and oxygen atoms in total. The molecular formula is C22H22N4O3S. The number of rotatable bonds is 6. The first-order chi connectivity index (χ1) is 14.5. The van der Waals surface area contributed by atoms with Gasteiger partial charge in [-0.15, -0.1) is 0 Å². The summed E-state index contributed by atoms with van der Waals surface area (Å²) in [4.78, 5) is 16.6.